The van der Waals surface area contributed by atoms with E-state index in [1.165, 1.54) is 4.68 Å². The zero-order chi connectivity index (χ0) is 12.7. The van der Waals surface area contributed by atoms with Gasteiger partial charge < -0.3 is 15.4 Å². The number of nitrogens with zero attached hydrogens (tertiary/aromatic N) is 2. The van der Waals surface area contributed by atoms with E-state index in [1.807, 2.05) is 7.05 Å². The summed E-state index contributed by atoms with van der Waals surface area (Å²) in [6, 6.07) is 0. The van der Waals surface area contributed by atoms with Crippen molar-refractivity contribution in [3.05, 3.63) is 21.6 Å². The number of likely N-dealkylation sites (N-methyl/N-ethyl adjacent to an activating group) is 1. The Morgan fingerprint density at radius 1 is 1.53 bits per heavy atom. The molecule has 0 spiro atoms. The van der Waals surface area contributed by atoms with Gasteiger partial charge in [0.05, 0.1) is 25.0 Å². The van der Waals surface area contributed by atoms with Gasteiger partial charge in [0.1, 0.15) is 5.02 Å². The van der Waals surface area contributed by atoms with Crippen LogP contribution in [0.1, 0.15) is 0 Å². The molecule has 1 heterocycles. The first kappa shape index (κ1) is 14.0. The van der Waals surface area contributed by atoms with Crippen LogP contribution in [0.25, 0.3) is 0 Å². The van der Waals surface area contributed by atoms with Crippen molar-refractivity contribution in [2.45, 2.75) is 6.54 Å². The van der Waals surface area contributed by atoms with Gasteiger partial charge in [-0.15, -0.1) is 0 Å². The van der Waals surface area contributed by atoms with Gasteiger partial charge in [0.2, 0.25) is 0 Å². The van der Waals surface area contributed by atoms with Crippen LogP contribution in [-0.4, -0.2) is 43.6 Å². The van der Waals surface area contributed by atoms with Crippen LogP contribution in [0.15, 0.2) is 11.0 Å². The van der Waals surface area contributed by atoms with Crippen LogP contribution >= 0.6 is 11.6 Å². The van der Waals surface area contributed by atoms with Crippen molar-refractivity contribution in [2.24, 2.45) is 0 Å². The van der Waals surface area contributed by atoms with Crippen molar-refractivity contribution in [1.29, 1.82) is 0 Å². The Bertz CT molecular complexity index is 408. The third-order valence-corrected chi connectivity index (χ3v) is 2.55. The molecule has 17 heavy (non-hydrogen) atoms. The summed E-state index contributed by atoms with van der Waals surface area (Å²) in [7, 11) is 3.42. The molecule has 0 amide bonds. The number of hydrogen-bond donors (Lipinski definition) is 2. The van der Waals surface area contributed by atoms with Crippen LogP contribution in [-0.2, 0) is 11.3 Å². The molecule has 7 heteroatoms. The molecular formula is C10H17ClN4O2. The minimum Gasteiger partial charge on any atom is -0.383 e. The van der Waals surface area contributed by atoms with Gasteiger partial charge in [-0.05, 0) is 7.05 Å². The zero-order valence-corrected chi connectivity index (χ0v) is 10.8. The summed E-state index contributed by atoms with van der Waals surface area (Å²) in [6.07, 6.45) is 1.55. The Kier molecular flexibility index (Phi) is 5.96. The lowest BCUT2D eigenvalue weighted by atomic mass is 10.4. The lowest BCUT2D eigenvalue weighted by molar-refractivity contribution is 0.182. The summed E-state index contributed by atoms with van der Waals surface area (Å²) in [6.45, 7) is 2.28. The molecule has 2 N–H and O–H groups in total. The first-order valence-corrected chi connectivity index (χ1v) is 5.71. The van der Waals surface area contributed by atoms with Gasteiger partial charge >= 0.3 is 0 Å². The molecule has 6 nitrogen and oxygen atoms in total. The molecule has 0 aliphatic carbocycles. The van der Waals surface area contributed by atoms with Crippen molar-refractivity contribution in [1.82, 2.24) is 15.1 Å². The number of halogens is 1. The highest BCUT2D eigenvalue weighted by atomic mass is 35.5. The van der Waals surface area contributed by atoms with Gasteiger partial charge in [0.25, 0.3) is 5.56 Å². The molecule has 96 valence electrons. The third-order valence-electron chi connectivity index (χ3n) is 2.18. The van der Waals surface area contributed by atoms with Crippen LogP contribution in [0.5, 0.6) is 0 Å². The highest BCUT2D eigenvalue weighted by Gasteiger charge is 2.08. The molecule has 0 unspecified atom stereocenters. The van der Waals surface area contributed by atoms with E-state index in [2.05, 4.69) is 15.7 Å². The summed E-state index contributed by atoms with van der Waals surface area (Å²) >= 11 is 5.96. The zero-order valence-electron chi connectivity index (χ0n) is 9.99. The van der Waals surface area contributed by atoms with Crippen LogP contribution in [0.2, 0.25) is 5.02 Å². The first-order valence-electron chi connectivity index (χ1n) is 5.33. The monoisotopic (exact) mass is 260 g/mol. The van der Waals surface area contributed by atoms with Gasteiger partial charge in [0.15, 0.2) is 0 Å². The second-order valence-electron chi connectivity index (χ2n) is 3.42. The Hall–Kier alpha value is -1.11. The first-order chi connectivity index (χ1) is 8.20. The standard InChI is InChI=1S/C10H17ClN4O2/c1-12-3-4-13-8-7-14-15(5-6-17-2)10(16)9(8)11/h7,12-13H,3-6H2,1-2H3. The summed E-state index contributed by atoms with van der Waals surface area (Å²) in [4.78, 5) is 11.8. The molecule has 0 atom stereocenters. The Morgan fingerprint density at radius 3 is 2.94 bits per heavy atom. The molecule has 0 aliphatic rings. The van der Waals surface area contributed by atoms with E-state index in [0.29, 0.717) is 25.4 Å². The van der Waals surface area contributed by atoms with E-state index in [1.54, 1.807) is 13.3 Å². The lowest BCUT2D eigenvalue weighted by Gasteiger charge is -2.09. The SMILES string of the molecule is CNCCNc1cnn(CCOC)c(=O)c1Cl. The quantitative estimate of drug-likeness (QED) is 0.685. The second kappa shape index (κ2) is 7.26. The van der Waals surface area contributed by atoms with E-state index >= 15 is 0 Å². The van der Waals surface area contributed by atoms with Crippen molar-refractivity contribution in [2.75, 3.05) is 39.2 Å². The third kappa shape index (κ3) is 3.99. The Morgan fingerprint density at radius 2 is 2.29 bits per heavy atom. The topological polar surface area (TPSA) is 68.2 Å². The van der Waals surface area contributed by atoms with E-state index in [9.17, 15) is 4.79 Å². The summed E-state index contributed by atoms with van der Waals surface area (Å²) in [5.74, 6) is 0. The molecule has 0 saturated carbocycles. The molecule has 0 saturated heterocycles. The van der Waals surface area contributed by atoms with Crippen molar-refractivity contribution in [3.63, 3.8) is 0 Å². The maximum absolute atomic E-state index is 11.8. The van der Waals surface area contributed by atoms with Gasteiger partial charge in [0, 0.05) is 20.2 Å². The van der Waals surface area contributed by atoms with Crippen molar-refractivity contribution < 1.29 is 4.74 Å². The van der Waals surface area contributed by atoms with Gasteiger partial charge in [-0.1, -0.05) is 11.6 Å². The number of nitrogens with one attached hydrogen (secondary N) is 2. The predicted octanol–water partition coefficient (Wildman–Crippen LogP) is 0.174. The molecule has 1 aromatic heterocycles. The number of rotatable bonds is 7. The van der Waals surface area contributed by atoms with Crippen LogP contribution < -0.4 is 16.2 Å². The van der Waals surface area contributed by atoms with Crippen LogP contribution in [0.3, 0.4) is 0 Å². The molecule has 0 fully saturated rings. The highest BCUT2D eigenvalue weighted by molar-refractivity contribution is 6.32. The van der Waals surface area contributed by atoms with E-state index < -0.39 is 0 Å². The van der Waals surface area contributed by atoms with Crippen LogP contribution in [0.4, 0.5) is 5.69 Å². The van der Waals surface area contributed by atoms with E-state index in [4.69, 9.17) is 16.3 Å². The van der Waals surface area contributed by atoms with E-state index in [-0.39, 0.29) is 10.6 Å². The van der Waals surface area contributed by atoms with Gasteiger partial charge in [-0.25, -0.2) is 4.68 Å². The minimum atomic E-state index is -0.307. The number of methoxy groups -OCH3 is 1. The number of anilines is 1. The number of aromatic nitrogens is 2. The minimum absolute atomic E-state index is 0.159. The van der Waals surface area contributed by atoms with Gasteiger partial charge in [-0.3, -0.25) is 4.79 Å². The maximum Gasteiger partial charge on any atom is 0.287 e. The van der Waals surface area contributed by atoms with Crippen molar-refractivity contribution in [3.8, 4) is 0 Å². The molecule has 0 aliphatic heterocycles. The molecule has 0 bridgehead atoms. The normalized spacial score (nSPS) is 10.5. The highest BCUT2D eigenvalue weighted by Crippen LogP contribution is 2.14. The lowest BCUT2D eigenvalue weighted by Crippen LogP contribution is -2.27. The fourth-order valence-electron chi connectivity index (χ4n) is 1.25. The summed E-state index contributed by atoms with van der Waals surface area (Å²) in [5, 5.41) is 10.2. The largest absolute Gasteiger partial charge is 0.383 e. The van der Waals surface area contributed by atoms with E-state index in [0.717, 1.165) is 6.54 Å². The fraction of sp³-hybridized carbons (Fsp3) is 0.600. The average molecular weight is 261 g/mol. The Labute approximate surface area is 105 Å². The smallest absolute Gasteiger partial charge is 0.287 e. The number of ether oxygens (including phenoxy) is 1. The maximum atomic E-state index is 11.8. The molecule has 0 radical (unpaired) electrons. The predicted molar refractivity (Wildman–Crippen MR) is 67.8 cm³/mol. The molecule has 0 aromatic carbocycles. The molecular weight excluding hydrogens is 244 g/mol. The fourth-order valence-corrected chi connectivity index (χ4v) is 1.46. The number of hydrogen-bond acceptors (Lipinski definition) is 5. The summed E-state index contributed by atoms with van der Waals surface area (Å²) < 4.78 is 6.17. The van der Waals surface area contributed by atoms with Crippen molar-refractivity contribution >= 4 is 17.3 Å². The second-order valence-corrected chi connectivity index (χ2v) is 3.80. The van der Waals surface area contributed by atoms with Gasteiger partial charge in [-0.2, -0.15) is 5.10 Å². The average Bonchev–Trinajstić information content (AvgIpc) is 2.34. The summed E-state index contributed by atoms with van der Waals surface area (Å²) in [5.41, 5.74) is 0.249. The van der Waals surface area contributed by atoms with Crippen LogP contribution in [0, 0.1) is 0 Å². The molecule has 1 rings (SSSR count). The Balaban J connectivity index is 2.76. The molecule has 1 aromatic rings.